The van der Waals surface area contributed by atoms with Crippen LogP contribution in [-0.4, -0.2) is 11.1 Å². The SMILES string of the molecule is O=C(O)c1sccc1Nc1cccc(Cl)c1Cl. The standard InChI is InChI=1S/C11H7Cl2NO2S/c12-6-2-1-3-7(9(6)13)14-8-4-5-17-10(8)11(15)16/h1-5,14H,(H,15,16). The minimum absolute atomic E-state index is 0.237. The Morgan fingerprint density at radius 1 is 1.24 bits per heavy atom. The third kappa shape index (κ3) is 2.54. The van der Waals surface area contributed by atoms with Gasteiger partial charge in [-0.25, -0.2) is 4.79 Å². The second kappa shape index (κ2) is 4.96. The van der Waals surface area contributed by atoms with Crippen molar-refractivity contribution in [3.63, 3.8) is 0 Å². The van der Waals surface area contributed by atoms with Crippen molar-refractivity contribution in [2.24, 2.45) is 0 Å². The maximum absolute atomic E-state index is 10.9. The van der Waals surface area contributed by atoms with Crippen LogP contribution in [0.1, 0.15) is 9.67 Å². The number of carboxylic acid groups (broad SMARTS) is 1. The van der Waals surface area contributed by atoms with Crippen molar-refractivity contribution in [1.29, 1.82) is 0 Å². The van der Waals surface area contributed by atoms with Gasteiger partial charge in [-0.3, -0.25) is 0 Å². The van der Waals surface area contributed by atoms with Crippen LogP contribution in [0, 0.1) is 0 Å². The maximum atomic E-state index is 10.9. The first kappa shape index (κ1) is 12.2. The quantitative estimate of drug-likeness (QED) is 0.874. The Hall–Kier alpha value is -1.23. The molecule has 6 heteroatoms. The van der Waals surface area contributed by atoms with Gasteiger partial charge in [-0.1, -0.05) is 29.3 Å². The molecule has 0 saturated carbocycles. The van der Waals surface area contributed by atoms with E-state index in [9.17, 15) is 4.79 Å². The molecule has 2 aromatic rings. The molecule has 0 saturated heterocycles. The molecule has 17 heavy (non-hydrogen) atoms. The van der Waals surface area contributed by atoms with Crippen molar-refractivity contribution >= 4 is 51.9 Å². The molecule has 0 aliphatic carbocycles. The van der Waals surface area contributed by atoms with Crippen LogP contribution in [0.3, 0.4) is 0 Å². The number of thiophene rings is 1. The van der Waals surface area contributed by atoms with E-state index in [0.717, 1.165) is 11.3 Å². The van der Waals surface area contributed by atoms with Crippen molar-refractivity contribution in [3.8, 4) is 0 Å². The molecule has 2 N–H and O–H groups in total. The van der Waals surface area contributed by atoms with E-state index in [-0.39, 0.29) is 4.88 Å². The maximum Gasteiger partial charge on any atom is 0.348 e. The molecular weight excluding hydrogens is 281 g/mol. The molecule has 1 heterocycles. The number of nitrogens with one attached hydrogen (secondary N) is 1. The number of halogens is 2. The predicted octanol–water partition coefficient (Wildman–Crippen LogP) is 4.50. The fraction of sp³-hybridized carbons (Fsp3) is 0. The first-order valence-electron chi connectivity index (χ1n) is 4.61. The first-order chi connectivity index (χ1) is 8.09. The number of hydrogen-bond donors (Lipinski definition) is 2. The van der Waals surface area contributed by atoms with Gasteiger partial charge in [0.15, 0.2) is 0 Å². The Labute approximate surface area is 112 Å². The van der Waals surface area contributed by atoms with Gasteiger partial charge in [0.1, 0.15) is 4.88 Å². The summed E-state index contributed by atoms with van der Waals surface area (Å²) in [7, 11) is 0. The molecule has 2 rings (SSSR count). The topological polar surface area (TPSA) is 49.3 Å². The fourth-order valence-electron chi connectivity index (χ4n) is 1.32. The lowest BCUT2D eigenvalue weighted by Crippen LogP contribution is -1.98. The van der Waals surface area contributed by atoms with Crippen molar-refractivity contribution < 1.29 is 9.90 Å². The molecular formula is C11H7Cl2NO2S. The van der Waals surface area contributed by atoms with Crippen molar-refractivity contribution in [3.05, 3.63) is 44.6 Å². The van der Waals surface area contributed by atoms with Crippen LogP contribution in [0.15, 0.2) is 29.6 Å². The van der Waals surface area contributed by atoms with E-state index < -0.39 is 5.97 Å². The summed E-state index contributed by atoms with van der Waals surface area (Å²) in [6.07, 6.45) is 0. The molecule has 0 amide bonds. The Balaban J connectivity index is 2.35. The normalized spacial score (nSPS) is 10.2. The first-order valence-corrected chi connectivity index (χ1v) is 6.25. The molecule has 1 aromatic carbocycles. The van der Waals surface area contributed by atoms with Gasteiger partial charge < -0.3 is 10.4 Å². The van der Waals surface area contributed by atoms with Crippen molar-refractivity contribution in [1.82, 2.24) is 0 Å². The number of carboxylic acids is 1. The molecule has 1 aromatic heterocycles. The highest BCUT2D eigenvalue weighted by Crippen LogP contribution is 2.33. The van der Waals surface area contributed by atoms with Crippen LogP contribution in [0.2, 0.25) is 10.0 Å². The highest BCUT2D eigenvalue weighted by molar-refractivity contribution is 7.12. The van der Waals surface area contributed by atoms with Crippen LogP contribution in [0.4, 0.5) is 11.4 Å². The van der Waals surface area contributed by atoms with Crippen LogP contribution in [0.5, 0.6) is 0 Å². The lowest BCUT2D eigenvalue weighted by molar-refractivity contribution is 0.0703. The van der Waals surface area contributed by atoms with E-state index >= 15 is 0 Å². The average Bonchev–Trinajstić information content (AvgIpc) is 2.73. The smallest absolute Gasteiger partial charge is 0.348 e. The fourth-order valence-corrected chi connectivity index (χ4v) is 2.35. The second-order valence-electron chi connectivity index (χ2n) is 3.19. The molecule has 88 valence electrons. The zero-order chi connectivity index (χ0) is 12.4. The molecule has 0 fully saturated rings. The predicted molar refractivity (Wildman–Crippen MR) is 71.0 cm³/mol. The molecule has 0 bridgehead atoms. The third-order valence-corrected chi connectivity index (χ3v) is 3.80. The third-order valence-electron chi connectivity index (χ3n) is 2.08. The number of carbonyl (C=O) groups is 1. The molecule has 0 atom stereocenters. The minimum atomic E-state index is -0.972. The molecule has 0 unspecified atom stereocenters. The van der Waals surface area contributed by atoms with E-state index in [0.29, 0.717) is 21.4 Å². The van der Waals surface area contributed by atoms with Crippen LogP contribution < -0.4 is 5.32 Å². The summed E-state index contributed by atoms with van der Waals surface area (Å²) in [6, 6.07) is 6.83. The molecule has 0 aliphatic rings. The molecule has 0 spiro atoms. The van der Waals surface area contributed by atoms with Crippen LogP contribution in [0.25, 0.3) is 0 Å². The Morgan fingerprint density at radius 2 is 2.00 bits per heavy atom. The lowest BCUT2D eigenvalue weighted by atomic mass is 10.3. The Morgan fingerprint density at radius 3 is 2.71 bits per heavy atom. The zero-order valence-corrected chi connectivity index (χ0v) is 10.7. The lowest BCUT2D eigenvalue weighted by Gasteiger charge is -2.08. The van der Waals surface area contributed by atoms with E-state index in [2.05, 4.69) is 5.32 Å². The monoisotopic (exact) mass is 287 g/mol. The van der Waals surface area contributed by atoms with Crippen molar-refractivity contribution in [2.75, 3.05) is 5.32 Å². The van der Waals surface area contributed by atoms with E-state index in [1.54, 1.807) is 29.6 Å². The molecule has 0 radical (unpaired) electrons. The Bertz CT molecular complexity index is 568. The summed E-state index contributed by atoms with van der Waals surface area (Å²) < 4.78 is 0. The minimum Gasteiger partial charge on any atom is -0.477 e. The second-order valence-corrected chi connectivity index (χ2v) is 4.90. The summed E-state index contributed by atoms with van der Waals surface area (Å²) in [4.78, 5) is 11.2. The molecule has 0 aliphatic heterocycles. The van der Waals surface area contributed by atoms with Gasteiger partial charge in [-0.15, -0.1) is 11.3 Å². The summed E-state index contributed by atoms with van der Waals surface area (Å²) in [5.41, 5.74) is 1.09. The van der Waals surface area contributed by atoms with Gasteiger partial charge in [0.25, 0.3) is 0 Å². The highest BCUT2D eigenvalue weighted by atomic mass is 35.5. The van der Waals surface area contributed by atoms with Gasteiger partial charge >= 0.3 is 5.97 Å². The van der Waals surface area contributed by atoms with E-state index in [1.165, 1.54) is 0 Å². The summed E-state index contributed by atoms with van der Waals surface area (Å²) >= 11 is 13.0. The number of rotatable bonds is 3. The number of benzene rings is 1. The van der Waals surface area contributed by atoms with Gasteiger partial charge in [0.2, 0.25) is 0 Å². The molecule has 3 nitrogen and oxygen atoms in total. The Kier molecular flexibility index (Phi) is 3.57. The van der Waals surface area contributed by atoms with Crippen LogP contribution in [-0.2, 0) is 0 Å². The summed E-state index contributed by atoms with van der Waals surface area (Å²) in [5, 5.41) is 14.4. The summed E-state index contributed by atoms with van der Waals surface area (Å²) in [5.74, 6) is -0.972. The number of anilines is 2. The van der Waals surface area contributed by atoms with E-state index in [1.807, 2.05) is 0 Å². The van der Waals surface area contributed by atoms with Crippen molar-refractivity contribution in [2.45, 2.75) is 0 Å². The van der Waals surface area contributed by atoms with Gasteiger partial charge in [-0.05, 0) is 23.6 Å². The largest absolute Gasteiger partial charge is 0.477 e. The number of hydrogen-bond acceptors (Lipinski definition) is 3. The zero-order valence-electron chi connectivity index (χ0n) is 8.41. The van der Waals surface area contributed by atoms with E-state index in [4.69, 9.17) is 28.3 Å². The average molecular weight is 288 g/mol. The number of aromatic carboxylic acids is 1. The van der Waals surface area contributed by atoms with Gasteiger partial charge in [-0.2, -0.15) is 0 Å². The van der Waals surface area contributed by atoms with Crippen LogP contribution >= 0.6 is 34.5 Å². The van der Waals surface area contributed by atoms with Gasteiger partial charge in [0, 0.05) is 0 Å². The highest BCUT2D eigenvalue weighted by Gasteiger charge is 2.13. The van der Waals surface area contributed by atoms with Gasteiger partial charge in [0.05, 0.1) is 21.4 Å². The summed E-state index contributed by atoms with van der Waals surface area (Å²) in [6.45, 7) is 0.